The molecule has 0 aliphatic rings. The van der Waals surface area contributed by atoms with E-state index >= 15 is 0 Å². The van der Waals surface area contributed by atoms with E-state index in [0.717, 1.165) is 11.3 Å². The van der Waals surface area contributed by atoms with Gasteiger partial charge in [-0.05, 0) is 41.0 Å². The minimum atomic E-state index is -0.530. The van der Waals surface area contributed by atoms with Gasteiger partial charge in [0.15, 0.2) is 0 Å². The average molecular weight is 312 g/mol. The highest BCUT2D eigenvalue weighted by molar-refractivity contribution is 5.70. The minimum absolute atomic E-state index is 0.152. The highest BCUT2D eigenvalue weighted by Gasteiger charge is 2.16. The van der Waals surface area contributed by atoms with Crippen molar-refractivity contribution in [2.24, 2.45) is 0 Å². The summed E-state index contributed by atoms with van der Waals surface area (Å²) in [5, 5.41) is 6.38. The first-order valence-electron chi connectivity index (χ1n) is 7.23. The monoisotopic (exact) mass is 312 g/mol. The first-order chi connectivity index (χ1) is 10.2. The Morgan fingerprint density at radius 2 is 1.95 bits per heavy atom. The van der Waals surface area contributed by atoms with E-state index < -0.39 is 11.7 Å². The Bertz CT molecular complexity index is 497. The SMILES string of the molecule is Cc1noc(C)c1COC(=O)CCCNC(=O)OC(C)(C)C. The third kappa shape index (κ3) is 6.60. The molecular formula is C15H24N2O5. The Kier molecular flexibility index (Phi) is 6.39. The molecule has 1 aromatic rings. The van der Waals surface area contributed by atoms with Crippen LogP contribution in [0, 0.1) is 13.8 Å². The summed E-state index contributed by atoms with van der Waals surface area (Å²) in [6.07, 6.45) is 0.218. The fourth-order valence-electron chi connectivity index (χ4n) is 1.67. The predicted octanol–water partition coefficient (Wildman–Crippen LogP) is 2.64. The van der Waals surface area contributed by atoms with Crippen molar-refractivity contribution in [1.82, 2.24) is 10.5 Å². The second kappa shape index (κ2) is 7.82. The molecule has 7 heteroatoms. The van der Waals surface area contributed by atoms with Gasteiger partial charge in [-0.3, -0.25) is 4.79 Å². The number of ether oxygens (including phenoxy) is 2. The molecule has 1 aromatic heterocycles. The smallest absolute Gasteiger partial charge is 0.407 e. The molecule has 0 radical (unpaired) electrons. The topological polar surface area (TPSA) is 90.7 Å². The zero-order valence-electron chi connectivity index (χ0n) is 13.8. The molecule has 22 heavy (non-hydrogen) atoms. The molecular weight excluding hydrogens is 288 g/mol. The first-order valence-corrected chi connectivity index (χ1v) is 7.23. The molecule has 0 aliphatic heterocycles. The molecule has 0 unspecified atom stereocenters. The van der Waals surface area contributed by atoms with Crippen LogP contribution in [0.2, 0.25) is 0 Å². The number of alkyl carbamates (subject to hydrolysis) is 1. The Morgan fingerprint density at radius 3 is 2.50 bits per heavy atom. The molecule has 0 fully saturated rings. The van der Waals surface area contributed by atoms with Crippen LogP contribution in [-0.4, -0.2) is 29.4 Å². The molecule has 7 nitrogen and oxygen atoms in total. The van der Waals surface area contributed by atoms with Gasteiger partial charge in [0.1, 0.15) is 18.0 Å². The van der Waals surface area contributed by atoms with Crippen molar-refractivity contribution in [3.05, 3.63) is 17.0 Å². The van der Waals surface area contributed by atoms with Crippen LogP contribution in [0.25, 0.3) is 0 Å². The van der Waals surface area contributed by atoms with Gasteiger partial charge < -0.3 is 19.3 Å². The van der Waals surface area contributed by atoms with Gasteiger partial charge in [-0.2, -0.15) is 0 Å². The molecule has 124 valence electrons. The van der Waals surface area contributed by atoms with Crippen molar-refractivity contribution >= 4 is 12.1 Å². The average Bonchev–Trinajstić information content (AvgIpc) is 2.70. The quantitative estimate of drug-likeness (QED) is 0.641. The minimum Gasteiger partial charge on any atom is -0.461 e. The zero-order valence-corrected chi connectivity index (χ0v) is 13.8. The largest absolute Gasteiger partial charge is 0.461 e. The number of esters is 1. The standard InChI is InChI=1S/C15H24N2O5/c1-10-12(11(2)22-17-10)9-20-13(18)7-6-8-16-14(19)21-15(3,4)5/h6-9H2,1-5H3,(H,16,19). The van der Waals surface area contributed by atoms with Crippen LogP contribution >= 0.6 is 0 Å². The van der Waals surface area contributed by atoms with Crippen LogP contribution in [-0.2, 0) is 20.9 Å². The third-order valence-corrected chi connectivity index (χ3v) is 2.78. The highest BCUT2D eigenvalue weighted by Crippen LogP contribution is 2.13. The number of carbonyl (C=O) groups is 2. The van der Waals surface area contributed by atoms with Crippen LogP contribution in [0.1, 0.15) is 50.6 Å². The van der Waals surface area contributed by atoms with Gasteiger partial charge in [0, 0.05) is 13.0 Å². The number of nitrogens with zero attached hydrogens (tertiary/aromatic N) is 1. The number of aryl methyl sites for hydroxylation is 2. The van der Waals surface area contributed by atoms with Crippen molar-refractivity contribution < 1.29 is 23.6 Å². The summed E-state index contributed by atoms with van der Waals surface area (Å²) in [7, 11) is 0. The molecule has 1 N–H and O–H groups in total. The number of carbonyl (C=O) groups excluding carboxylic acids is 2. The van der Waals surface area contributed by atoms with E-state index in [0.29, 0.717) is 18.7 Å². The molecule has 0 aliphatic carbocycles. The Hall–Kier alpha value is -2.05. The maximum absolute atomic E-state index is 11.6. The fourth-order valence-corrected chi connectivity index (χ4v) is 1.67. The second-order valence-corrected chi connectivity index (χ2v) is 6.00. The lowest BCUT2D eigenvalue weighted by atomic mass is 10.2. The van der Waals surface area contributed by atoms with Gasteiger partial charge in [-0.25, -0.2) is 4.79 Å². The summed E-state index contributed by atoms with van der Waals surface area (Å²) in [6.45, 7) is 9.45. The van der Waals surface area contributed by atoms with Crippen LogP contribution in [0.15, 0.2) is 4.52 Å². The summed E-state index contributed by atoms with van der Waals surface area (Å²) in [5.74, 6) is 0.322. The van der Waals surface area contributed by atoms with E-state index in [9.17, 15) is 9.59 Å². The van der Waals surface area contributed by atoms with Gasteiger partial charge in [0.2, 0.25) is 0 Å². The van der Waals surface area contributed by atoms with E-state index in [4.69, 9.17) is 14.0 Å². The summed E-state index contributed by atoms with van der Waals surface area (Å²) < 4.78 is 15.2. The van der Waals surface area contributed by atoms with Gasteiger partial charge >= 0.3 is 12.1 Å². The lowest BCUT2D eigenvalue weighted by Gasteiger charge is -2.19. The molecule has 0 saturated heterocycles. The Morgan fingerprint density at radius 1 is 1.27 bits per heavy atom. The number of hydrogen-bond acceptors (Lipinski definition) is 6. The van der Waals surface area contributed by atoms with E-state index in [2.05, 4.69) is 10.5 Å². The van der Waals surface area contributed by atoms with Crippen LogP contribution in [0.4, 0.5) is 4.79 Å². The van der Waals surface area contributed by atoms with Crippen molar-refractivity contribution in [1.29, 1.82) is 0 Å². The van der Waals surface area contributed by atoms with Crippen LogP contribution in [0.3, 0.4) is 0 Å². The summed E-state index contributed by atoms with van der Waals surface area (Å²) >= 11 is 0. The number of hydrogen-bond donors (Lipinski definition) is 1. The maximum atomic E-state index is 11.6. The highest BCUT2D eigenvalue weighted by atomic mass is 16.6. The first kappa shape index (κ1) is 18.0. The Balaban J connectivity index is 2.18. The van der Waals surface area contributed by atoms with E-state index in [-0.39, 0.29) is 19.0 Å². The predicted molar refractivity (Wildman–Crippen MR) is 79.2 cm³/mol. The van der Waals surface area contributed by atoms with Gasteiger partial charge in [-0.1, -0.05) is 5.16 Å². The summed E-state index contributed by atoms with van der Waals surface area (Å²) in [6, 6.07) is 0. The molecule has 1 rings (SSSR count). The number of rotatable bonds is 6. The molecule has 1 heterocycles. The number of amides is 1. The maximum Gasteiger partial charge on any atom is 0.407 e. The fraction of sp³-hybridized carbons (Fsp3) is 0.667. The Labute approximate surface area is 130 Å². The molecule has 0 bridgehead atoms. The van der Waals surface area contributed by atoms with Crippen molar-refractivity contribution in [2.75, 3.05) is 6.54 Å². The van der Waals surface area contributed by atoms with Gasteiger partial charge in [0.25, 0.3) is 0 Å². The third-order valence-electron chi connectivity index (χ3n) is 2.78. The van der Waals surface area contributed by atoms with Crippen molar-refractivity contribution in [3.63, 3.8) is 0 Å². The van der Waals surface area contributed by atoms with Crippen LogP contribution < -0.4 is 5.32 Å². The van der Waals surface area contributed by atoms with Crippen LogP contribution in [0.5, 0.6) is 0 Å². The molecule has 0 saturated carbocycles. The molecule has 1 amide bonds. The lowest BCUT2D eigenvalue weighted by molar-refractivity contribution is -0.145. The van der Waals surface area contributed by atoms with E-state index in [1.165, 1.54) is 0 Å². The lowest BCUT2D eigenvalue weighted by Crippen LogP contribution is -2.33. The number of nitrogens with one attached hydrogen (secondary N) is 1. The molecule has 0 atom stereocenters. The van der Waals surface area contributed by atoms with Gasteiger partial charge in [0.05, 0.1) is 11.3 Å². The van der Waals surface area contributed by atoms with Crippen molar-refractivity contribution in [2.45, 2.75) is 59.7 Å². The van der Waals surface area contributed by atoms with E-state index in [1.54, 1.807) is 34.6 Å². The van der Waals surface area contributed by atoms with E-state index in [1.807, 2.05) is 0 Å². The normalized spacial score (nSPS) is 11.1. The summed E-state index contributed by atoms with van der Waals surface area (Å²) in [5.41, 5.74) is 0.981. The zero-order chi connectivity index (χ0) is 16.8. The second-order valence-electron chi connectivity index (χ2n) is 6.00. The van der Waals surface area contributed by atoms with Gasteiger partial charge in [-0.15, -0.1) is 0 Å². The molecule has 0 spiro atoms. The summed E-state index contributed by atoms with van der Waals surface area (Å²) in [4.78, 5) is 23.0. The van der Waals surface area contributed by atoms with Crippen molar-refractivity contribution in [3.8, 4) is 0 Å². The number of aromatic nitrogens is 1. The molecule has 0 aromatic carbocycles.